The van der Waals surface area contributed by atoms with Gasteiger partial charge < -0.3 is 15.2 Å². The number of hydrogen-bond acceptors (Lipinski definition) is 4. The fraction of sp³-hybridized carbons (Fsp3) is 0.348. The van der Waals surface area contributed by atoms with Crippen LogP contribution in [-0.2, 0) is 25.5 Å². The van der Waals surface area contributed by atoms with Crippen molar-refractivity contribution >= 4 is 17.8 Å². The average Bonchev–Trinajstić information content (AvgIpc) is 2.73. The number of methoxy groups -OCH3 is 1. The van der Waals surface area contributed by atoms with Gasteiger partial charge in [-0.1, -0.05) is 61.5 Å². The summed E-state index contributed by atoms with van der Waals surface area (Å²) in [5, 5.41) is 12.1. The Morgan fingerprint density at radius 2 is 1.59 bits per heavy atom. The first kappa shape index (κ1) is 22.1. The van der Waals surface area contributed by atoms with Gasteiger partial charge in [-0.05, 0) is 29.5 Å². The van der Waals surface area contributed by atoms with Gasteiger partial charge in [0.2, 0.25) is 5.91 Å². The number of benzene rings is 2. The molecule has 0 aliphatic carbocycles. The Hall–Kier alpha value is -3.15. The van der Waals surface area contributed by atoms with E-state index >= 15 is 0 Å². The van der Waals surface area contributed by atoms with Gasteiger partial charge in [0.25, 0.3) is 0 Å². The summed E-state index contributed by atoms with van der Waals surface area (Å²) in [6.07, 6.45) is 0.823. The van der Waals surface area contributed by atoms with Crippen LogP contribution in [0.2, 0.25) is 0 Å². The fourth-order valence-corrected chi connectivity index (χ4v) is 3.09. The standard InChI is InChI=1S/C23H27NO5/c1-16(23(27)28)14-20(24-21(25)12-13-22(26)29-2)15-17-8-10-19(11-9-17)18-6-4-3-5-7-18/h3-11,16,20H,12-15H2,1-2H3,(H,24,25)(H,27,28)/t16-,20+/m1/s1. The predicted molar refractivity (Wildman–Crippen MR) is 110 cm³/mol. The molecule has 154 valence electrons. The SMILES string of the molecule is COC(=O)CCC(=O)N[C@H](Cc1ccc(-c2ccccc2)cc1)C[C@@H](C)C(=O)O. The van der Waals surface area contributed by atoms with Gasteiger partial charge >= 0.3 is 11.9 Å². The molecule has 6 nitrogen and oxygen atoms in total. The summed E-state index contributed by atoms with van der Waals surface area (Å²) in [5.41, 5.74) is 3.21. The molecule has 2 aromatic rings. The molecule has 2 aromatic carbocycles. The molecule has 0 saturated heterocycles. The predicted octanol–water partition coefficient (Wildman–Crippen LogP) is 3.44. The van der Waals surface area contributed by atoms with Crippen molar-refractivity contribution in [1.82, 2.24) is 5.32 Å². The zero-order chi connectivity index (χ0) is 21.2. The molecule has 0 spiro atoms. The lowest BCUT2D eigenvalue weighted by Crippen LogP contribution is -2.38. The maximum absolute atomic E-state index is 12.2. The molecular formula is C23H27NO5. The number of carboxylic acids is 1. The van der Waals surface area contributed by atoms with Gasteiger partial charge in [0.15, 0.2) is 0 Å². The molecule has 29 heavy (non-hydrogen) atoms. The molecule has 0 unspecified atom stereocenters. The van der Waals surface area contributed by atoms with Crippen LogP contribution < -0.4 is 5.32 Å². The van der Waals surface area contributed by atoms with Crippen molar-refractivity contribution < 1.29 is 24.2 Å². The van der Waals surface area contributed by atoms with Crippen LogP contribution in [0.15, 0.2) is 54.6 Å². The van der Waals surface area contributed by atoms with E-state index in [0.717, 1.165) is 16.7 Å². The second-order valence-electron chi connectivity index (χ2n) is 7.08. The summed E-state index contributed by atoms with van der Waals surface area (Å²) in [6, 6.07) is 17.7. The van der Waals surface area contributed by atoms with E-state index in [4.69, 9.17) is 0 Å². The van der Waals surface area contributed by atoms with E-state index in [2.05, 4.69) is 10.1 Å². The van der Waals surface area contributed by atoms with Gasteiger partial charge in [-0.15, -0.1) is 0 Å². The maximum atomic E-state index is 12.2. The Balaban J connectivity index is 2.05. The second kappa shape index (κ2) is 11.0. The summed E-state index contributed by atoms with van der Waals surface area (Å²) in [7, 11) is 1.27. The number of hydrogen-bond donors (Lipinski definition) is 2. The van der Waals surface area contributed by atoms with Gasteiger partial charge in [-0.3, -0.25) is 14.4 Å². The van der Waals surface area contributed by atoms with Crippen molar-refractivity contribution in [3.05, 3.63) is 60.2 Å². The first-order valence-electron chi connectivity index (χ1n) is 9.62. The van der Waals surface area contributed by atoms with Gasteiger partial charge in [0.1, 0.15) is 0 Å². The molecule has 0 fully saturated rings. The van der Waals surface area contributed by atoms with Crippen molar-refractivity contribution in [2.75, 3.05) is 7.11 Å². The number of carbonyl (C=O) groups excluding carboxylic acids is 2. The van der Waals surface area contributed by atoms with E-state index in [9.17, 15) is 19.5 Å². The lowest BCUT2D eigenvalue weighted by Gasteiger charge is -2.21. The van der Waals surface area contributed by atoms with Crippen molar-refractivity contribution in [3.63, 3.8) is 0 Å². The number of ether oxygens (including phenoxy) is 1. The van der Waals surface area contributed by atoms with Crippen LogP contribution in [0.5, 0.6) is 0 Å². The Bertz CT molecular complexity index is 817. The summed E-state index contributed by atoms with van der Waals surface area (Å²) in [5.74, 6) is -2.24. The number of carbonyl (C=O) groups is 3. The van der Waals surface area contributed by atoms with Crippen LogP contribution >= 0.6 is 0 Å². The lowest BCUT2D eigenvalue weighted by atomic mass is 9.95. The van der Waals surface area contributed by atoms with E-state index < -0.39 is 17.9 Å². The van der Waals surface area contributed by atoms with Gasteiger partial charge in [-0.25, -0.2) is 0 Å². The lowest BCUT2D eigenvalue weighted by molar-refractivity contribution is -0.142. The van der Waals surface area contributed by atoms with E-state index in [1.165, 1.54) is 7.11 Å². The zero-order valence-corrected chi connectivity index (χ0v) is 16.8. The molecule has 0 heterocycles. The molecule has 0 radical (unpaired) electrons. The number of carboxylic acid groups (broad SMARTS) is 1. The third kappa shape index (κ3) is 7.41. The van der Waals surface area contributed by atoms with E-state index in [1.807, 2.05) is 54.6 Å². The van der Waals surface area contributed by atoms with Crippen molar-refractivity contribution in [1.29, 1.82) is 0 Å². The number of esters is 1. The Labute approximate surface area is 170 Å². The molecule has 2 rings (SSSR count). The van der Waals surface area contributed by atoms with Crippen LogP contribution in [0.1, 0.15) is 31.7 Å². The first-order valence-corrected chi connectivity index (χ1v) is 9.62. The van der Waals surface area contributed by atoms with Gasteiger partial charge in [0.05, 0.1) is 19.4 Å². The molecular weight excluding hydrogens is 370 g/mol. The van der Waals surface area contributed by atoms with E-state index in [-0.39, 0.29) is 24.8 Å². The van der Waals surface area contributed by atoms with Crippen LogP contribution in [-0.4, -0.2) is 36.1 Å². The summed E-state index contributed by atoms with van der Waals surface area (Å²) < 4.78 is 4.55. The van der Waals surface area contributed by atoms with E-state index in [1.54, 1.807) is 6.92 Å². The number of amides is 1. The second-order valence-corrected chi connectivity index (χ2v) is 7.08. The molecule has 2 N–H and O–H groups in total. The summed E-state index contributed by atoms with van der Waals surface area (Å²) >= 11 is 0. The van der Waals surface area contributed by atoms with Crippen molar-refractivity contribution in [2.45, 2.75) is 38.6 Å². The van der Waals surface area contributed by atoms with Crippen molar-refractivity contribution in [3.8, 4) is 11.1 Å². The molecule has 0 aromatic heterocycles. The molecule has 0 aliphatic heterocycles. The molecule has 2 atom stereocenters. The Morgan fingerprint density at radius 3 is 2.17 bits per heavy atom. The molecule has 0 aliphatic rings. The van der Waals surface area contributed by atoms with E-state index in [0.29, 0.717) is 12.8 Å². The fourth-order valence-electron chi connectivity index (χ4n) is 3.09. The smallest absolute Gasteiger partial charge is 0.306 e. The topological polar surface area (TPSA) is 92.7 Å². The highest BCUT2D eigenvalue weighted by molar-refractivity contribution is 5.81. The third-order valence-corrected chi connectivity index (χ3v) is 4.75. The Kier molecular flexibility index (Phi) is 8.40. The van der Waals surface area contributed by atoms with Gasteiger partial charge in [0, 0.05) is 12.5 Å². The highest BCUT2D eigenvalue weighted by atomic mass is 16.5. The average molecular weight is 397 g/mol. The van der Waals surface area contributed by atoms with Crippen LogP contribution in [0.3, 0.4) is 0 Å². The number of aliphatic carboxylic acids is 1. The monoisotopic (exact) mass is 397 g/mol. The zero-order valence-electron chi connectivity index (χ0n) is 16.8. The maximum Gasteiger partial charge on any atom is 0.306 e. The minimum atomic E-state index is -0.904. The van der Waals surface area contributed by atoms with Gasteiger partial charge in [-0.2, -0.15) is 0 Å². The quantitative estimate of drug-likeness (QED) is 0.599. The highest BCUT2D eigenvalue weighted by Crippen LogP contribution is 2.20. The minimum Gasteiger partial charge on any atom is -0.481 e. The molecule has 0 saturated carbocycles. The minimum absolute atomic E-state index is 0.00465. The van der Waals surface area contributed by atoms with Crippen LogP contribution in [0, 0.1) is 5.92 Å². The van der Waals surface area contributed by atoms with Crippen molar-refractivity contribution in [2.24, 2.45) is 5.92 Å². The molecule has 1 amide bonds. The Morgan fingerprint density at radius 1 is 0.966 bits per heavy atom. The summed E-state index contributed by atoms with van der Waals surface area (Å²) in [4.78, 5) is 34.7. The highest BCUT2D eigenvalue weighted by Gasteiger charge is 2.21. The number of rotatable bonds is 10. The molecule has 0 bridgehead atoms. The first-order chi connectivity index (χ1) is 13.9. The third-order valence-electron chi connectivity index (χ3n) is 4.75. The normalized spacial score (nSPS) is 12.6. The molecule has 6 heteroatoms. The summed E-state index contributed by atoms with van der Waals surface area (Å²) in [6.45, 7) is 1.62. The van der Waals surface area contributed by atoms with Crippen LogP contribution in [0.4, 0.5) is 0 Å². The van der Waals surface area contributed by atoms with Crippen LogP contribution in [0.25, 0.3) is 11.1 Å². The largest absolute Gasteiger partial charge is 0.481 e. The number of nitrogens with one attached hydrogen (secondary N) is 1.